The van der Waals surface area contributed by atoms with E-state index in [0.29, 0.717) is 5.75 Å². The van der Waals surface area contributed by atoms with Crippen LogP contribution < -0.4 is 16.2 Å². The summed E-state index contributed by atoms with van der Waals surface area (Å²) in [5, 5.41) is 0.00230. The molecule has 0 aliphatic carbocycles. The highest BCUT2D eigenvalue weighted by atomic mass is 35.5. The fourth-order valence-corrected chi connectivity index (χ4v) is 1.61. The molecule has 0 saturated heterocycles. The molecule has 6 heteroatoms. The number of nitrogen functional groups attached to an aromatic ring is 1. The number of rotatable bonds is 3. The highest BCUT2D eigenvalue weighted by Gasteiger charge is 2.09. The molecule has 0 spiro atoms. The molecule has 2 aromatic carbocycles. The minimum Gasteiger partial charge on any atom is -0.457 e. The van der Waals surface area contributed by atoms with Gasteiger partial charge in [-0.1, -0.05) is 11.6 Å². The first-order chi connectivity index (χ1) is 8.97. The number of amides is 1. The van der Waals surface area contributed by atoms with Gasteiger partial charge in [-0.05, 0) is 30.3 Å². The average molecular weight is 281 g/mol. The van der Waals surface area contributed by atoms with Gasteiger partial charge in [-0.25, -0.2) is 4.39 Å². The molecule has 0 fully saturated rings. The van der Waals surface area contributed by atoms with Crippen molar-refractivity contribution in [2.24, 2.45) is 5.73 Å². The molecule has 19 heavy (non-hydrogen) atoms. The zero-order valence-electron chi connectivity index (χ0n) is 9.69. The van der Waals surface area contributed by atoms with Crippen LogP contribution in [0.15, 0.2) is 36.4 Å². The molecular weight excluding hydrogens is 271 g/mol. The second-order valence-electron chi connectivity index (χ2n) is 3.79. The zero-order chi connectivity index (χ0) is 14.0. The van der Waals surface area contributed by atoms with Crippen LogP contribution in [0.4, 0.5) is 10.1 Å². The van der Waals surface area contributed by atoms with E-state index < -0.39 is 11.7 Å². The molecule has 2 aromatic rings. The molecule has 0 aliphatic rings. The van der Waals surface area contributed by atoms with Crippen molar-refractivity contribution in [2.75, 3.05) is 5.73 Å². The molecule has 0 heterocycles. The Morgan fingerprint density at radius 2 is 1.79 bits per heavy atom. The number of halogens is 2. The summed E-state index contributed by atoms with van der Waals surface area (Å²) in [7, 11) is 0. The first kappa shape index (κ1) is 13.2. The lowest BCUT2D eigenvalue weighted by molar-refractivity contribution is 0.100. The number of carbonyl (C=O) groups is 1. The van der Waals surface area contributed by atoms with Gasteiger partial charge in [-0.3, -0.25) is 4.79 Å². The van der Waals surface area contributed by atoms with E-state index >= 15 is 0 Å². The van der Waals surface area contributed by atoms with Gasteiger partial charge in [0.15, 0.2) is 0 Å². The number of primary amides is 1. The van der Waals surface area contributed by atoms with Crippen LogP contribution >= 0.6 is 11.6 Å². The van der Waals surface area contributed by atoms with Crippen LogP contribution in [0.1, 0.15) is 10.4 Å². The van der Waals surface area contributed by atoms with Crippen molar-refractivity contribution in [3.05, 3.63) is 52.8 Å². The molecule has 0 aromatic heterocycles. The Labute approximate surface area is 113 Å². The summed E-state index contributed by atoms with van der Waals surface area (Å²) >= 11 is 5.56. The topological polar surface area (TPSA) is 78.3 Å². The maximum Gasteiger partial charge on any atom is 0.250 e. The molecule has 0 unspecified atom stereocenters. The average Bonchev–Trinajstić information content (AvgIpc) is 2.36. The van der Waals surface area contributed by atoms with Crippen molar-refractivity contribution < 1.29 is 13.9 Å². The lowest BCUT2D eigenvalue weighted by atomic mass is 10.1. The van der Waals surface area contributed by atoms with Gasteiger partial charge in [0, 0.05) is 11.8 Å². The van der Waals surface area contributed by atoms with Gasteiger partial charge in [-0.2, -0.15) is 0 Å². The maximum absolute atomic E-state index is 13.2. The number of nitrogens with two attached hydrogens (primary N) is 2. The van der Waals surface area contributed by atoms with E-state index in [9.17, 15) is 9.18 Å². The molecule has 0 saturated carbocycles. The molecule has 4 N–H and O–H groups in total. The largest absolute Gasteiger partial charge is 0.457 e. The minimum absolute atomic E-state index is 0.00230. The predicted octanol–water partition coefficient (Wildman–Crippen LogP) is 2.95. The summed E-state index contributed by atoms with van der Waals surface area (Å²) in [6.45, 7) is 0. The molecule has 1 amide bonds. The first-order valence-corrected chi connectivity index (χ1v) is 5.67. The van der Waals surface area contributed by atoms with Crippen LogP contribution in [0.3, 0.4) is 0 Å². The van der Waals surface area contributed by atoms with E-state index in [1.165, 1.54) is 24.3 Å². The second-order valence-corrected chi connectivity index (χ2v) is 4.20. The fourth-order valence-electron chi connectivity index (χ4n) is 1.49. The van der Waals surface area contributed by atoms with Gasteiger partial charge in [0.25, 0.3) is 5.91 Å². The lowest BCUT2D eigenvalue weighted by Crippen LogP contribution is -2.13. The SMILES string of the molecule is NC(=O)c1cc(Oc2ccc(Cl)c(F)c2)ccc1N. The van der Waals surface area contributed by atoms with Gasteiger partial charge in [-0.15, -0.1) is 0 Å². The Hall–Kier alpha value is -2.27. The molecule has 0 radical (unpaired) electrons. The Morgan fingerprint density at radius 1 is 1.16 bits per heavy atom. The number of hydrogen-bond acceptors (Lipinski definition) is 3. The van der Waals surface area contributed by atoms with Crippen LogP contribution in [-0.4, -0.2) is 5.91 Å². The first-order valence-electron chi connectivity index (χ1n) is 5.29. The van der Waals surface area contributed by atoms with Gasteiger partial charge in [0.2, 0.25) is 0 Å². The quantitative estimate of drug-likeness (QED) is 0.849. The van der Waals surface area contributed by atoms with Crippen molar-refractivity contribution in [3.63, 3.8) is 0 Å². The third-order valence-electron chi connectivity index (χ3n) is 2.42. The Balaban J connectivity index is 2.30. The van der Waals surface area contributed by atoms with E-state index in [1.807, 2.05) is 0 Å². The summed E-state index contributed by atoms with van der Waals surface area (Å²) in [5.41, 5.74) is 11.2. The standard InChI is InChI=1S/C13H10ClFN2O2/c14-10-3-1-8(6-11(10)15)19-7-2-4-12(16)9(5-7)13(17)18/h1-6H,16H2,(H2,17,18). The Bertz CT molecular complexity index is 647. The second kappa shape index (κ2) is 5.16. The van der Waals surface area contributed by atoms with Crippen LogP contribution in [0, 0.1) is 5.82 Å². The van der Waals surface area contributed by atoms with Crippen molar-refractivity contribution >= 4 is 23.2 Å². The van der Waals surface area contributed by atoms with Gasteiger partial charge < -0.3 is 16.2 Å². The zero-order valence-corrected chi connectivity index (χ0v) is 10.4. The van der Waals surface area contributed by atoms with Crippen molar-refractivity contribution in [2.45, 2.75) is 0 Å². The van der Waals surface area contributed by atoms with E-state index in [1.54, 1.807) is 6.07 Å². The molecule has 0 aliphatic heterocycles. The third-order valence-corrected chi connectivity index (χ3v) is 2.72. The summed E-state index contributed by atoms with van der Waals surface area (Å²) < 4.78 is 18.6. The molecule has 0 atom stereocenters. The van der Waals surface area contributed by atoms with Crippen molar-refractivity contribution in [1.29, 1.82) is 0 Å². The Morgan fingerprint density at radius 3 is 2.42 bits per heavy atom. The molecule has 98 valence electrons. The third kappa shape index (κ3) is 2.95. The van der Waals surface area contributed by atoms with Gasteiger partial charge in [0.05, 0.1) is 10.6 Å². The van der Waals surface area contributed by atoms with Crippen LogP contribution in [-0.2, 0) is 0 Å². The molecule has 2 rings (SSSR count). The van der Waals surface area contributed by atoms with E-state index in [-0.39, 0.29) is 22.0 Å². The maximum atomic E-state index is 13.2. The van der Waals surface area contributed by atoms with Gasteiger partial charge >= 0.3 is 0 Å². The minimum atomic E-state index is -0.662. The lowest BCUT2D eigenvalue weighted by Gasteiger charge is -2.08. The molecule has 0 bridgehead atoms. The number of benzene rings is 2. The van der Waals surface area contributed by atoms with Crippen molar-refractivity contribution in [3.8, 4) is 11.5 Å². The van der Waals surface area contributed by atoms with Crippen molar-refractivity contribution in [1.82, 2.24) is 0 Å². The van der Waals surface area contributed by atoms with E-state index in [4.69, 9.17) is 27.8 Å². The smallest absolute Gasteiger partial charge is 0.250 e. The number of ether oxygens (including phenoxy) is 1. The summed E-state index contributed by atoms with van der Waals surface area (Å²) in [4.78, 5) is 11.1. The summed E-state index contributed by atoms with van der Waals surface area (Å²) in [6.07, 6.45) is 0. The van der Waals surface area contributed by atoms with Gasteiger partial charge in [0.1, 0.15) is 17.3 Å². The normalized spacial score (nSPS) is 10.2. The highest BCUT2D eigenvalue weighted by molar-refractivity contribution is 6.30. The molecule has 4 nitrogen and oxygen atoms in total. The van der Waals surface area contributed by atoms with E-state index in [2.05, 4.69) is 0 Å². The predicted molar refractivity (Wildman–Crippen MR) is 70.9 cm³/mol. The summed E-state index contributed by atoms with van der Waals surface area (Å²) in [5.74, 6) is -0.679. The number of hydrogen-bond donors (Lipinski definition) is 2. The molecular formula is C13H10ClFN2O2. The number of anilines is 1. The highest BCUT2D eigenvalue weighted by Crippen LogP contribution is 2.27. The summed E-state index contributed by atoms with van der Waals surface area (Å²) in [6, 6.07) is 8.45. The number of carbonyl (C=O) groups excluding carboxylic acids is 1. The van der Waals surface area contributed by atoms with Crippen LogP contribution in [0.25, 0.3) is 0 Å². The van der Waals surface area contributed by atoms with Crippen LogP contribution in [0.2, 0.25) is 5.02 Å². The monoisotopic (exact) mass is 280 g/mol. The fraction of sp³-hybridized carbons (Fsp3) is 0. The van der Waals surface area contributed by atoms with E-state index in [0.717, 1.165) is 6.07 Å². The Kier molecular flexibility index (Phi) is 3.57. The van der Waals surface area contributed by atoms with Crippen LogP contribution in [0.5, 0.6) is 11.5 Å².